The highest BCUT2D eigenvalue weighted by molar-refractivity contribution is 7.92. The number of aryl methyl sites for hydroxylation is 1. The number of sulfonamides is 1. The van der Waals surface area contributed by atoms with E-state index in [1.54, 1.807) is 42.5 Å². The molecule has 2 aromatic rings. The van der Waals surface area contributed by atoms with Crippen LogP contribution in [0.25, 0.3) is 0 Å². The SMILES string of the molecule is CCCCOC(=O)c1ccc(NC(=O)[C@H]2CN(S(C)(=O)=O)c3cc(C)ccc3O2)cc1. The van der Waals surface area contributed by atoms with Gasteiger partial charge in [-0.05, 0) is 55.3 Å². The number of nitrogens with one attached hydrogen (secondary N) is 1. The van der Waals surface area contributed by atoms with E-state index in [9.17, 15) is 18.0 Å². The zero-order valence-corrected chi connectivity index (χ0v) is 18.6. The van der Waals surface area contributed by atoms with Gasteiger partial charge >= 0.3 is 5.97 Å². The van der Waals surface area contributed by atoms with Gasteiger partial charge in [-0.3, -0.25) is 9.10 Å². The molecule has 1 aliphatic rings. The molecule has 3 rings (SSSR count). The molecule has 0 fully saturated rings. The van der Waals surface area contributed by atoms with E-state index in [0.717, 1.165) is 24.7 Å². The fourth-order valence-corrected chi connectivity index (χ4v) is 4.02. The number of carbonyl (C=O) groups excluding carboxylic acids is 2. The maximum atomic E-state index is 12.8. The van der Waals surface area contributed by atoms with E-state index in [0.29, 0.717) is 29.3 Å². The normalized spacial score (nSPS) is 15.6. The molecule has 0 radical (unpaired) electrons. The maximum Gasteiger partial charge on any atom is 0.338 e. The van der Waals surface area contributed by atoms with E-state index in [1.807, 2.05) is 13.8 Å². The number of ether oxygens (including phenoxy) is 2. The molecule has 0 aromatic heterocycles. The quantitative estimate of drug-likeness (QED) is 0.518. The van der Waals surface area contributed by atoms with Gasteiger partial charge in [-0.25, -0.2) is 13.2 Å². The summed E-state index contributed by atoms with van der Waals surface area (Å²) in [5.74, 6) is -0.580. The molecule has 1 atom stereocenters. The van der Waals surface area contributed by atoms with Crippen molar-refractivity contribution in [2.45, 2.75) is 32.8 Å². The highest BCUT2D eigenvalue weighted by Gasteiger charge is 2.35. The third kappa shape index (κ3) is 5.55. The van der Waals surface area contributed by atoms with Crippen LogP contribution in [0.1, 0.15) is 35.7 Å². The Morgan fingerprint density at radius 2 is 1.90 bits per heavy atom. The van der Waals surface area contributed by atoms with Gasteiger partial charge in [0.05, 0.1) is 30.7 Å². The van der Waals surface area contributed by atoms with Crippen molar-refractivity contribution in [1.82, 2.24) is 0 Å². The Morgan fingerprint density at radius 1 is 1.19 bits per heavy atom. The van der Waals surface area contributed by atoms with Crippen LogP contribution in [0, 0.1) is 6.92 Å². The fourth-order valence-electron chi connectivity index (χ4n) is 3.12. The zero-order valence-electron chi connectivity index (χ0n) is 17.8. The molecule has 0 aliphatic carbocycles. The molecule has 0 saturated carbocycles. The number of benzene rings is 2. The molecular weight excluding hydrogens is 420 g/mol. The fraction of sp³-hybridized carbons (Fsp3) is 0.364. The summed E-state index contributed by atoms with van der Waals surface area (Å²) in [5.41, 5.74) is 2.14. The number of amides is 1. The summed E-state index contributed by atoms with van der Waals surface area (Å²) in [6, 6.07) is 11.5. The predicted molar refractivity (Wildman–Crippen MR) is 118 cm³/mol. The lowest BCUT2D eigenvalue weighted by atomic mass is 10.1. The van der Waals surface area contributed by atoms with E-state index >= 15 is 0 Å². The first-order valence-corrected chi connectivity index (χ1v) is 11.9. The molecule has 0 unspecified atom stereocenters. The molecule has 1 amide bonds. The van der Waals surface area contributed by atoms with Crippen molar-refractivity contribution < 1.29 is 27.5 Å². The third-order valence-electron chi connectivity index (χ3n) is 4.80. The van der Waals surface area contributed by atoms with E-state index in [4.69, 9.17) is 9.47 Å². The number of fused-ring (bicyclic) bond motifs is 1. The van der Waals surface area contributed by atoms with Crippen LogP contribution in [-0.4, -0.2) is 45.8 Å². The highest BCUT2D eigenvalue weighted by atomic mass is 32.2. The Bertz CT molecular complexity index is 1070. The lowest BCUT2D eigenvalue weighted by Gasteiger charge is -2.34. The second kappa shape index (κ2) is 9.38. The molecule has 8 nitrogen and oxygen atoms in total. The first-order chi connectivity index (χ1) is 14.7. The van der Waals surface area contributed by atoms with Crippen LogP contribution in [0.3, 0.4) is 0 Å². The van der Waals surface area contributed by atoms with Crippen LogP contribution in [0.2, 0.25) is 0 Å². The molecule has 0 saturated heterocycles. The van der Waals surface area contributed by atoms with Gasteiger partial charge in [0, 0.05) is 5.69 Å². The topological polar surface area (TPSA) is 102 Å². The Balaban J connectivity index is 1.70. The summed E-state index contributed by atoms with van der Waals surface area (Å²) in [5, 5.41) is 2.71. The minimum absolute atomic E-state index is 0.136. The van der Waals surface area contributed by atoms with Crippen LogP contribution in [0.15, 0.2) is 42.5 Å². The summed E-state index contributed by atoms with van der Waals surface area (Å²) in [7, 11) is -3.60. The number of esters is 1. The van der Waals surface area contributed by atoms with Gasteiger partial charge in [-0.1, -0.05) is 19.4 Å². The average Bonchev–Trinajstić information content (AvgIpc) is 2.72. The maximum absolute atomic E-state index is 12.8. The molecule has 1 N–H and O–H groups in total. The van der Waals surface area contributed by atoms with Crippen LogP contribution >= 0.6 is 0 Å². The molecular formula is C22H26N2O6S. The van der Waals surface area contributed by atoms with Crippen molar-refractivity contribution in [3.05, 3.63) is 53.6 Å². The number of hydrogen-bond acceptors (Lipinski definition) is 6. The van der Waals surface area contributed by atoms with Gasteiger partial charge in [-0.2, -0.15) is 0 Å². The van der Waals surface area contributed by atoms with E-state index < -0.39 is 28.0 Å². The molecule has 2 aromatic carbocycles. The third-order valence-corrected chi connectivity index (χ3v) is 5.94. The number of hydrogen-bond donors (Lipinski definition) is 1. The van der Waals surface area contributed by atoms with Crippen LogP contribution in [0.4, 0.5) is 11.4 Å². The largest absolute Gasteiger partial charge is 0.476 e. The van der Waals surface area contributed by atoms with Crippen LogP contribution in [0.5, 0.6) is 5.75 Å². The Morgan fingerprint density at radius 3 is 2.55 bits per heavy atom. The monoisotopic (exact) mass is 446 g/mol. The predicted octanol–water partition coefficient (Wildman–Crippen LogP) is 3.12. The Kier molecular flexibility index (Phi) is 6.84. The van der Waals surface area contributed by atoms with Crippen LogP contribution < -0.4 is 14.4 Å². The first-order valence-electron chi connectivity index (χ1n) is 10.0. The van der Waals surface area contributed by atoms with Crippen molar-refractivity contribution in [3.8, 4) is 5.75 Å². The highest BCUT2D eigenvalue weighted by Crippen LogP contribution is 2.36. The van der Waals surface area contributed by atoms with Gasteiger partial charge < -0.3 is 14.8 Å². The lowest BCUT2D eigenvalue weighted by Crippen LogP contribution is -2.48. The molecule has 31 heavy (non-hydrogen) atoms. The van der Waals surface area contributed by atoms with Gasteiger partial charge in [0.1, 0.15) is 5.75 Å². The van der Waals surface area contributed by atoms with Crippen molar-refractivity contribution >= 4 is 33.3 Å². The minimum atomic E-state index is -3.60. The second-order valence-corrected chi connectivity index (χ2v) is 9.33. The number of nitrogens with zero attached hydrogens (tertiary/aromatic N) is 1. The van der Waals surface area contributed by atoms with Gasteiger partial charge in [-0.15, -0.1) is 0 Å². The first kappa shape index (κ1) is 22.6. The minimum Gasteiger partial charge on any atom is -0.476 e. The molecule has 9 heteroatoms. The van der Waals surface area contributed by atoms with Crippen LogP contribution in [-0.2, 0) is 19.6 Å². The summed E-state index contributed by atoms with van der Waals surface area (Å²) in [4.78, 5) is 24.7. The van der Waals surface area contributed by atoms with Gasteiger partial charge in [0.25, 0.3) is 5.91 Å². The molecule has 166 valence electrons. The average molecular weight is 447 g/mol. The second-order valence-electron chi connectivity index (χ2n) is 7.43. The van der Waals surface area contributed by atoms with E-state index in [2.05, 4.69) is 5.32 Å². The van der Waals surface area contributed by atoms with Crippen molar-refractivity contribution in [2.24, 2.45) is 0 Å². The van der Waals surface area contributed by atoms with Gasteiger partial charge in [0.2, 0.25) is 10.0 Å². The zero-order chi connectivity index (χ0) is 22.6. The van der Waals surface area contributed by atoms with E-state index in [1.165, 1.54) is 4.31 Å². The summed E-state index contributed by atoms with van der Waals surface area (Å²) in [6.07, 6.45) is 1.80. The summed E-state index contributed by atoms with van der Waals surface area (Å²) in [6.45, 7) is 4.09. The van der Waals surface area contributed by atoms with Crippen molar-refractivity contribution in [2.75, 3.05) is 29.0 Å². The Hall–Kier alpha value is -3.07. The standard InChI is InChI=1S/C22H26N2O6S/c1-4-5-12-29-22(26)16-7-9-17(10-8-16)23-21(25)20-14-24(31(3,27)28)18-13-15(2)6-11-19(18)30-20/h6-11,13,20H,4-5,12,14H2,1-3H3,(H,23,25)/t20-/m1/s1. The van der Waals surface area contributed by atoms with Crippen molar-refractivity contribution in [3.63, 3.8) is 0 Å². The summed E-state index contributed by atoms with van der Waals surface area (Å²) < 4.78 is 36.7. The number of anilines is 2. The molecule has 0 spiro atoms. The molecule has 1 aliphatic heterocycles. The lowest BCUT2D eigenvalue weighted by molar-refractivity contribution is -0.122. The van der Waals surface area contributed by atoms with Crippen molar-refractivity contribution in [1.29, 1.82) is 0 Å². The van der Waals surface area contributed by atoms with E-state index in [-0.39, 0.29) is 6.54 Å². The Labute approximate surface area is 182 Å². The summed E-state index contributed by atoms with van der Waals surface area (Å²) >= 11 is 0. The molecule has 1 heterocycles. The number of rotatable bonds is 7. The smallest absolute Gasteiger partial charge is 0.338 e. The number of unbranched alkanes of at least 4 members (excludes halogenated alkanes) is 1. The number of carbonyl (C=O) groups is 2. The molecule has 0 bridgehead atoms. The van der Waals surface area contributed by atoms with Gasteiger partial charge in [0.15, 0.2) is 6.10 Å².